The van der Waals surface area contributed by atoms with Crippen LogP contribution in [0, 0.1) is 0 Å². The van der Waals surface area contributed by atoms with Gasteiger partial charge in [0.25, 0.3) is 0 Å². The molecule has 0 radical (unpaired) electrons. The van der Waals surface area contributed by atoms with Crippen LogP contribution < -0.4 is 0 Å². The van der Waals surface area contributed by atoms with Crippen molar-refractivity contribution in [1.82, 2.24) is 0 Å². The van der Waals surface area contributed by atoms with Gasteiger partial charge in [0.2, 0.25) is 0 Å². The number of hydrogen-bond donors (Lipinski definition) is 0. The quantitative estimate of drug-likeness (QED) is 0.489. The van der Waals surface area contributed by atoms with E-state index in [0.29, 0.717) is 0 Å². The summed E-state index contributed by atoms with van der Waals surface area (Å²) >= 11 is 0. The second-order valence-corrected chi connectivity index (χ2v) is 4.90. The number of rotatable bonds is 3. The topological polar surface area (TPSA) is 9.23 Å². The molecule has 0 saturated carbocycles. The Kier molecular flexibility index (Phi) is 11.3. The van der Waals surface area contributed by atoms with Gasteiger partial charge in [-0.25, -0.2) is 0 Å². The van der Waals surface area contributed by atoms with E-state index in [0.717, 1.165) is 6.61 Å². The average molecular weight is 188 g/mol. The zero-order valence-corrected chi connectivity index (χ0v) is 10.2. The molecule has 0 aromatic heterocycles. The first-order valence-corrected chi connectivity index (χ1v) is 7.07. The van der Waals surface area contributed by atoms with Gasteiger partial charge in [0.15, 0.2) is 9.76 Å². The molecule has 1 aliphatic heterocycles. The van der Waals surface area contributed by atoms with Gasteiger partial charge in [-0.05, 0) is 12.5 Å². The molecule has 0 aliphatic carbocycles. The SMILES string of the molecule is C1CC[SiH2]OC1.CCCCCC. The molecule has 1 heterocycles. The van der Waals surface area contributed by atoms with E-state index < -0.39 is 0 Å². The van der Waals surface area contributed by atoms with Gasteiger partial charge < -0.3 is 4.43 Å². The summed E-state index contributed by atoms with van der Waals surface area (Å²) in [7, 11) is 0.00849. The molecule has 0 spiro atoms. The third-order valence-electron chi connectivity index (χ3n) is 2.03. The average Bonchev–Trinajstić information content (AvgIpc) is 2.18. The Morgan fingerprint density at radius 3 is 1.92 bits per heavy atom. The summed E-state index contributed by atoms with van der Waals surface area (Å²) in [5, 5.41) is 0. The van der Waals surface area contributed by atoms with Gasteiger partial charge in [-0.15, -0.1) is 0 Å². The van der Waals surface area contributed by atoms with Crippen LogP contribution in [0.2, 0.25) is 6.04 Å². The van der Waals surface area contributed by atoms with E-state index in [4.69, 9.17) is 4.43 Å². The molecule has 1 nitrogen and oxygen atoms in total. The fourth-order valence-electron chi connectivity index (χ4n) is 1.19. The van der Waals surface area contributed by atoms with Crippen LogP contribution in [0.4, 0.5) is 0 Å². The van der Waals surface area contributed by atoms with Crippen molar-refractivity contribution < 1.29 is 4.43 Å². The van der Waals surface area contributed by atoms with Crippen molar-refractivity contribution in [2.45, 2.75) is 58.4 Å². The zero-order chi connectivity index (χ0) is 9.07. The second kappa shape index (κ2) is 11.2. The standard InChI is InChI=1S/C6H14.C4H10OSi/c1-3-5-6-4-2;1-2-4-6-5-3-1/h3-6H2,1-2H3;1-4,6H2. The van der Waals surface area contributed by atoms with Gasteiger partial charge in [-0.2, -0.15) is 0 Å². The minimum atomic E-state index is 0.00849. The lowest BCUT2D eigenvalue weighted by molar-refractivity contribution is 0.304. The number of unbranched alkanes of at least 4 members (excludes halogenated alkanes) is 3. The lowest BCUT2D eigenvalue weighted by Crippen LogP contribution is -2.06. The molecule has 0 bridgehead atoms. The molecule has 0 aromatic rings. The van der Waals surface area contributed by atoms with Gasteiger partial charge in [0.05, 0.1) is 0 Å². The first-order valence-electron chi connectivity index (χ1n) is 5.49. The fraction of sp³-hybridized carbons (Fsp3) is 1.00. The molecule has 1 aliphatic rings. The zero-order valence-electron chi connectivity index (χ0n) is 8.77. The molecular weight excluding hydrogens is 164 g/mol. The lowest BCUT2D eigenvalue weighted by atomic mass is 10.2. The first-order chi connectivity index (χ1) is 5.91. The van der Waals surface area contributed by atoms with E-state index in [1.807, 2.05) is 0 Å². The monoisotopic (exact) mass is 188 g/mol. The molecule has 0 amide bonds. The van der Waals surface area contributed by atoms with Crippen molar-refractivity contribution in [1.29, 1.82) is 0 Å². The Morgan fingerprint density at radius 1 is 1.08 bits per heavy atom. The Morgan fingerprint density at radius 2 is 1.75 bits per heavy atom. The van der Waals surface area contributed by atoms with Crippen molar-refractivity contribution in [2.75, 3.05) is 6.61 Å². The minimum Gasteiger partial charge on any atom is -0.424 e. The summed E-state index contributed by atoms with van der Waals surface area (Å²) in [6.45, 7) is 5.53. The maximum absolute atomic E-state index is 5.21. The third kappa shape index (κ3) is 10.2. The van der Waals surface area contributed by atoms with Crippen LogP contribution >= 0.6 is 0 Å². The predicted molar refractivity (Wildman–Crippen MR) is 58.4 cm³/mol. The smallest absolute Gasteiger partial charge is 0.161 e. The molecule has 1 saturated heterocycles. The van der Waals surface area contributed by atoms with Crippen LogP contribution in [-0.4, -0.2) is 16.4 Å². The maximum atomic E-state index is 5.21. The number of hydrogen-bond acceptors (Lipinski definition) is 1. The molecule has 0 atom stereocenters. The van der Waals surface area contributed by atoms with Gasteiger partial charge in [-0.3, -0.25) is 0 Å². The largest absolute Gasteiger partial charge is 0.424 e. The normalized spacial score (nSPS) is 18.5. The Bertz CT molecular complexity index is 56.7. The molecule has 0 unspecified atom stereocenters. The van der Waals surface area contributed by atoms with Crippen LogP contribution in [0.1, 0.15) is 52.4 Å². The summed E-state index contributed by atoms with van der Waals surface area (Å²) in [4.78, 5) is 0. The summed E-state index contributed by atoms with van der Waals surface area (Å²) < 4.78 is 5.21. The van der Waals surface area contributed by atoms with Crippen LogP contribution in [0.25, 0.3) is 0 Å². The Balaban J connectivity index is 0.000000202. The van der Waals surface area contributed by atoms with E-state index in [1.54, 1.807) is 0 Å². The van der Waals surface area contributed by atoms with Crippen molar-refractivity contribution in [3.05, 3.63) is 0 Å². The van der Waals surface area contributed by atoms with Crippen LogP contribution in [-0.2, 0) is 4.43 Å². The van der Waals surface area contributed by atoms with Gasteiger partial charge in [0.1, 0.15) is 0 Å². The molecular formula is C10H24OSi. The Labute approximate surface area is 79.8 Å². The molecule has 0 aromatic carbocycles. The molecule has 1 rings (SSSR count). The van der Waals surface area contributed by atoms with E-state index in [1.165, 1.54) is 44.6 Å². The van der Waals surface area contributed by atoms with Gasteiger partial charge in [-0.1, -0.05) is 46.0 Å². The van der Waals surface area contributed by atoms with Crippen molar-refractivity contribution in [3.8, 4) is 0 Å². The van der Waals surface area contributed by atoms with Crippen molar-refractivity contribution in [2.24, 2.45) is 0 Å². The molecule has 2 heteroatoms. The van der Waals surface area contributed by atoms with Crippen LogP contribution in [0.5, 0.6) is 0 Å². The molecule has 12 heavy (non-hydrogen) atoms. The van der Waals surface area contributed by atoms with Crippen LogP contribution in [0.3, 0.4) is 0 Å². The highest BCUT2D eigenvalue weighted by Gasteiger charge is 1.96. The van der Waals surface area contributed by atoms with E-state index in [-0.39, 0.29) is 9.76 Å². The minimum absolute atomic E-state index is 0.00849. The van der Waals surface area contributed by atoms with E-state index in [2.05, 4.69) is 13.8 Å². The highest BCUT2D eigenvalue weighted by atomic mass is 28.2. The first kappa shape index (κ1) is 12.2. The van der Waals surface area contributed by atoms with Gasteiger partial charge >= 0.3 is 0 Å². The van der Waals surface area contributed by atoms with Crippen molar-refractivity contribution in [3.63, 3.8) is 0 Å². The second-order valence-electron chi connectivity index (χ2n) is 3.38. The highest BCUT2D eigenvalue weighted by Crippen LogP contribution is 2.01. The van der Waals surface area contributed by atoms with Crippen LogP contribution in [0.15, 0.2) is 0 Å². The van der Waals surface area contributed by atoms with Crippen molar-refractivity contribution >= 4 is 9.76 Å². The molecule has 1 fully saturated rings. The summed E-state index contributed by atoms with van der Waals surface area (Å²) in [5.41, 5.74) is 0. The summed E-state index contributed by atoms with van der Waals surface area (Å²) in [5.74, 6) is 0. The molecule has 0 N–H and O–H groups in total. The summed E-state index contributed by atoms with van der Waals surface area (Å²) in [6, 6.07) is 1.42. The van der Waals surface area contributed by atoms with E-state index >= 15 is 0 Å². The van der Waals surface area contributed by atoms with Gasteiger partial charge in [0, 0.05) is 6.61 Å². The summed E-state index contributed by atoms with van der Waals surface area (Å²) in [6.07, 6.45) is 8.29. The maximum Gasteiger partial charge on any atom is 0.161 e. The van der Waals surface area contributed by atoms with E-state index in [9.17, 15) is 0 Å². The highest BCUT2D eigenvalue weighted by molar-refractivity contribution is 6.27. The fourth-order valence-corrected chi connectivity index (χ4v) is 2.36. The molecule has 74 valence electrons. The lowest BCUT2D eigenvalue weighted by Gasteiger charge is -2.07. The predicted octanol–water partition coefficient (Wildman–Crippen LogP) is 2.89. The Hall–Kier alpha value is 0.177. The third-order valence-corrected chi connectivity index (χ3v) is 3.40.